The number of nitrogens with one attached hydrogen (secondary N) is 2. The van der Waals surface area contributed by atoms with Gasteiger partial charge in [0.05, 0.1) is 23.3 Å². The zero-order valence-corrected chi connectivity index (χ0v) is 17.0. The molecule has 0 bridgehead atoms. The van der Waals surface area contributed by atoms with Crippen LogP contribution in [0, 0.1) is 6.92 Å². The molecule has 1 aliphatic rings. The maximum absolute atomic E-state index is 12.6. The number of nitrogens with zero attached hydrogens (tertiary/aromatic N) is 2. The average Bonchev–Trinajstić information content (AvgIpc) is 3.15. The molecule has 3 rings (SSSR count). The second kappa shape index (κ2) is 7.09. The molecule has 1 fully saturated rings. The van der Waals surface area contributed by atoms with Crippen molar-refractivity contribution in [2.75, 3.05) is 26.6 Å². The third-order valence-electron chi connectivity index (χ3n) is 3.86. The molecule has 1 aromatic carbocycles. The van der Waals surface area contributed by atoms with Crippen molar-refractivity contribution in [3.8, 4) is 0 Å². The van der Waals surface area contributed by atoms with Crippen molar-refractivity contribution >= 4 is 53.8 Å². The van der Waals surface area contributed by atoms with E-state index in [1.165, 1.54) is 17.3 Å². The molecular weight excluding hydrogens is 412 g/mol. The normalized spacial score (nSPS) is 16.3. The summed E-state index contributed by atoms with van der Waals surface area (Å²) in [5.74, 6) is -0.272. The van der Waals surface area contributed by atoms with E-state index in [4.69, 9.17) is 0 Å². The highest BCUT2D eigenvalue weighted by Gasteiger charge is 2.30. The number of benzene rings is 1. The van der Waals surface area contributed by atoms with Gasteiger partial charge in [-0.15, -0.1) is 0 Å². The Kier molecular flexibility index (Phi) is 5.14. The summed E-state index contributed by atoms with van der Waals surface area (Å²) in [4.78, 5) is 14.9. The molecular formula is C15H18N4O5S3. The molecule has 0 radical (unpaired) electrons. The van der Waals surface area contributed by atoms with Gasteiger partial charge in [0.2, 0.25) is 15.9 Å². The predicted octanol–water partition coefficient (Wildman–Crippen LogP) is 1.75. The van der Waals surface area contributed by atoms with Gasteiger partial charge >= 0.3 is 0 Å². The highest BCUT2D eigenvalue weighted by atomic mass is 32.2. The fourth-order valence-corrected chi connectivity index (χ4v) is 6.39. The number of aromatic nitrogens is 1. The molecule has 0 unspecified atom stereocenters. The first-order valence-corrected chi connectivity index (χ1v) is 11.9. The molecule has 0 aliphatic carbocycles. The second-order valence-corrected chi connectivity index (χ2v) is 11.0. The van der Waals surface area contributed by atoms with Crippen LogP contribution in [0.25, 0.3) is 0 Å². The molecule has 1 amide bonds. The Morgan fingerprint density at radius 2 is 2.07 bits per heavy atom. The summed E-state index contributed by atoms with van der Waals surface area (Å²) in [6.45, 7) is 3.44. The number of amides is 1. The Labute approximate surface area is 161 Å². The van der Waals surface area contributed by atoms with Crippen LogP contribution in [0.5, 0.6) is 0 Å². The second-order valence-electron chi connectivity index (χ2n) is 6.01. The molecule has 2 aromatic rings. The van der Waals surface area contributed by atoms with Crippen LogP contribution in [0.1, 0.15) is 18.9 Å². The predicted molar refractivity (Wildman–Crippen MR) is 104 cm³/mol. The van der Waals surface area contributed by atoms with E-state index in [1.807, 2.05) is 0 Å². The van der Waals surface area contributed by atoms with Crippen LogP contribution >= 0.6 is 11.3 Å². The minimum absolute atomic E-state index is 0.0674. The lowest BCUT2D eigenvalue weighted by atomic mass is 10.2. The molecule has 12 heteroatoms. The number of carbonyl (C=O) groups excluding carboxylic acids is 1. The van der Waals surface area contributed by atoms with Gasteiger partial charge in [-0.1, -0.05) is 17.4 Å². The van der Waals surface area contributed by atoms with E-state index in [0.717, 1.165) is 23.1 Å². The summed E-state index contributed by atoms with van der Waals surface area (Å²) in [7, 11) is -7.30. The van der Waals surface area contributed by atoms with Crippen LogP contribution in [-0.2, 0) is 24.8 Å². The number of carbonyl (C=O) groups is 1. The van der Waals surface area contributed by atoms with E-state index < -0.39 is 20.0 Å². The Morgan fingerprint density at radius 1 is 1.33 bits per heavy atom. The lowest BCUT2D eigenvalue weighted by Gasteiger charge is -2.20. The Balaban J connectivity index is 1.88. The average molecular weight is 431 g/mol. The highest BCUT2D eigenvalue weighted by molar-refractivity contribution is 7.94. The molecule has 2 N–H and O–H groups in total. The quantitative estimate of drug-likeness (QED) is 0.744. The summed E-state index contributed by atoms with van der Waals surface area (Å²) in [6.07, 6.45) is 1.68. The van der Waals surface area contributed by atoms with Crippen LogP contribution in [-0.4, -0.2) is 40.0 Å². The standard InChI is InChI=1S/C15H18N4O5S3/c1-10-4-5-12(8-13(10)19-6-3-7-26(19,21)22)18-27(23,24)14-9-16-15(25-14)17-11(2)20/h4-5,8-9,18H,3,6-7H2,1-2H3,(H,16,17,20). The fourth-order valence-electron chi connectivity index (χ4n) is 2.65. The minimum atomic E-state index is -3.92. The van der Waals surface area contributed by atoms with Gasteiger partial charge in [0.1, 0.15) is 0 Å². The third kappa shape index (κ3) is 4.22. The number of hydrogen-bond donors (Lipinski definition) is 2. The lowest BCUT2D eigenvalue weighted by Crippen LogP contribution is -2.26. The van der Waals surface area contributed by atoms with E-state index in [0.29, 0.717) is 18.7 Å². The van der Waals surface area contributed by atoms with Gasteiger partial charge in [0.25, 0.3) is 10.0 Å². The first-order valence-electron chi connectivity index (χ1n) is 7.96. The van der Waals surface area contributed by atoms with Crippen LogP contribution < -0.4 is 14.3 Å². The van der Waals surface area contributed by atoms with Gasteiger partial charge in [0, 0.05) is 13.5 Å². The molecule has 146 valence electrons. The topological polar surface area (TPSA) is 126 Å². The number of aryl methyl sites for hydroxylation is 1. The van der Waals surface area contributed by atoms with Crippen LogP contribution in [0.3, 0.4) is 0 Å². The number of sulfonamides is 2. The highest BCUT2D eigenvalue weighted by Crippen LogP contribution is 2.31. The first-order chi connectivity index (χ1) is 12.6. The Bertz CT molecular complexity index is 1090. The number of anilines is 3. The van der Waals surface area contributed by atoms with Gasteiger partial charge in [-0.05, 0) is 31.0 Å². The lowest BCUT2D eigenvalue weighted by molar-refractivity contribution is -0.114. The van der Waals surface area contributed by atoms with E-state index in [-0.39, 0.29) is 26.7 Å². The molecule has 0 saturated carbocycles. The smallest absolute Gasteiger partial charge is 0.273 e. The summed E-state index contributed by atoms with van der Waals surface area (Å²) < 4.78 is 53.1. The first kappa shape index (κ1) is 19.6. The maximum atomic E-state index is 12.6. The number of thiazole rings is 1. The van der Waals surface area contributed by atoms with Crippen molar-refractivity contribution in [2.45, 2.75) is 24.5 Å². The minimum Gasteiger partial charge on any atom is -0.302 e. The summed E-state index contributed by atoms with van der Waals surface area (Å²) in [5.41, 5.74) is 1.43. The molecule has 27 heavy (non-hydrogen) atoms. The molecule has 0 atom stereocenters. The van der Waals surface area contributed by atoms with Crippen LogP contribution in [0.2, 0.25) is 0 Å². The zero-order valence-electron chi connectivity index (χ0n) is 14.6. The van der Waals surface area contributed by atoms with Crippen molar-refractivity contribution in [3.63, 3.8) is 0 Å². The molecule has 0 spiro atoms. The maximum Gasteiger partial charge on any atom is 0.273 e. The SMILES string of the molecule is CC(=O)Nc1ncc(S(=O)(=O)Nc2ccc(C)c(N3CCCS3(=O)=O)c2)s1. The third-order valence-corrected chi connectivity index (χ3v) is 8.47. The van der Waals surface area contributed by atoms with Crippen molar-refractivity contribution in [3.05, 3.63) is 30.0 Å². The van der Waals surface area contributed by atoms with E-state index >= 15 is 0 Å². The van der Waals surface area contributed by atoms with Crippen LogP contribution in [0.15, 0.2) is 28.6 Å². The molecule has 1 aliphatic heterocycles. The van der Waals surface area contributed by atoms with Gasteiger partial charge < -0.3 is 5.32 Å². The van der Waals surface area contributed by atoms with Gasteiger partial charge in [-0.2, -0.15) is 0 Å². The molecule has 1 saturated heterocycles. The van der Waals surface area contributed by atoms with E-state index in [2.05, 4.69) is 15.0 Å². The largest absolute Gasteiger partial charge is 0.302 e. The molecule has 9 nitrogen and oxygen atoms in total. The fraction of sp³-hybridized carbons (Fsp3) is 0.333. The molecule has 1 aromatic heterocycles. The van der Waals surface area contributed by atoms with E-state index in [1.54, 1.807) is 19.1 Å². The Hall–Kier alpha value is -2.18. The van der Waals surface area contributed by atoms with Crippen molar-refractivity contribution in [1.82, 2.24) is 4.98 Å². The summed E-state index contributed by atoms with van der Waals surface area (Å²) >= 11 is 0.820. The number of rotatable bonds is 5. The zero-order chi connectivity index (χ0) is 19.8. The monoisotopic (exact) mass is 430 g/mol. The molecule has 2 heterocycles. The van der Waals surface area contributed by atoms with Gasteiger partial charge in [0.15, 0.2) is 9.34 Å². The summed E-state index contributed by atoms with van der Waals surface area (Å²) in [5, 5.41) is 2.60. The van der Waals surface area contributed by atoms with E-state index in [9.17, 15) is 21.6 Å². The van der Waals surface area contributed by atoms with Gasteiger partial charge in [-0.3, -0.25) is 13.8 Å². The van der Waals surface area contributed by atoms with Crippen molar-refractivity contribution < 1.29 is 21.6 Å². The van der Waals surface area contributed by atoms with Gasteiger partial charge in [-0.25, -0.2) is 21.8 Å². The van der Waals surface area contributed by atoms with Crippen molar-refractivity contribution in [2.24, 2.45) is 0 Å². The summed E-state index contributed by atoms with van der Waals surface area (Å²) in [6, 6.07) is 4.73. The number of hydrogen-bond acceptors (Lipinski definition) is 7. The Morgan fingerprint density at radius 3 is 2.70 bits per heavy atom. The van der Waals surface area contributed by atoms with Crippen molar-refractivity contribution in [1.29, 1.82) is 0 Å². The van der Waals surface area contributed by atoms with Crippen LogP contribution in [0.4, 0.5) is 16.5 Å².